The van der Waals surface area contributed by atoms with Gasteiger partial charge in [0.15, 0.2) is 9.84 Å². The molecular formula is C24H29BrN2O4S2. The number of sulfone groups is 1. The smallest absolute Gasteiger partial charge is 0.256 e. The van der Waals surface area contributed by atoms with E-state index in [9.17, 15) is 18.0 Å². The molecule has 1 aromatic heterocycles. The maximum atomic E-state index is 13.3. The van der Waals surface area contributed by atoms with Gasteiger partial charge in [-0.05, 0) is 66.8 Å². The molecule has 2 aromatic rings. The van der Waals surface area contributed by atoms with Crippen LogP contribution in [0.1, 0.15) is 64.8 Å². The number of amides is 2. The van der Waals surface area contributed by atoms with Gasteiger partial charge in [0.1, 0.15) is 5.00 Å². The van der Waals surface area contributed by atoms with Crippen LogP contribution >= 0.6 is 27.3 Å². The van der Waals surface area contributed by atoms with Crippen molar-refractivity contribution in [2.45, 2.75) is 52.5 Å². The van der Waals surface area contributed by atoms with Gasteiger partial charge < -0.3 is 10.6 Å². The molecule has 178 valence electrons. The third-order valence-electron chi connectivity index (χ3n) is 6.62. The Hall–Kier alpha value is -1.71. The second-order valence-electron chi connectivity index (χ2n) is 10.0. The fourth-order valence-corrected chi connectivity index (χ4v) is 7.85. The molecule has 2 atom stereocenters. The van der Waals surface area contributed by atoms with Crippen LogP contribution in [0.5, 0.6) is 0 Å². The molecule has 2 amide bonds. The quantitative estimate of drug-likeness (QED) is 0.568. The largest absolute Gasteiger partial charge is 0.348 e. The minimum atomic E-state index is -3.11. The van der Waals surface area contributed by atoms with Crippen LogP contribution in [0.4, 0.5) is 5.00 Å². The maximum Gasteiger partial charge on any atom is 0.256 e. The zero-order valence-corrected chi connectivity index (χ0v) is 22.3. The molecular weight excluding hydrogens is 524 g/mol. The van der Waals surface area contributed by atoms with Crippen molar-refractivity contribution in [1.82, 2.24) is 5.32 Å². The average molecular weight is 554 g/mol. The fourth-order valence-electron chi connectivity index (χ4n) is 4.60. The number of anilines is 1. The summed E-state index contributed by atoms with van der Waals surface area (Å²) in [4.78, 5) is 27.4. The second-order valence-corrected chi connectivity index (χ2v) is 14.3. The topological polar surface area (TPSA) is 92.3 Å². The molecule has 2 unspecified atom stereocenters. The van der Waals surface area contributed by atoms with Crippen LogP contribution in [0.2, 0.25) is 0 Å². The molecule has 9 heteroatoms. The van der Waals surface area contributed by atoms with Gasteiger partial charge in [0, 0.05) is 21.0 Å². The Bertz CT molecular complexity index is 1180. The first-order chi connectivity index (χ1) is 15.4. The van der Waals surface area contributed by atoms with E-state index in [0.717, 1.165) is 34.2 Å². The minimum Gasteiger partial charge on any atom is -0.348 e. The van der Waals surface area contributed by atoms with E-state index in [-0.39, 0.29) is 34.8 Å². The number of fused-ring (bicyclic) bond motifs is 1. The highest BCUT2D eigenvalue weighted by Gasteiger charge is 2.36. The van der Waals surface area contributed by atoms with Gasteiger partial charge in [0.2, 0.25) is 0 Å². The first-order valence-electron chi connectivity index (χ1n) is 11.2. The van der Waals surface area contributed by atoms with Crippen LogP contribution in [-0.2, 0) is 22.7 Å². The molecule has 0 bridgehead atoms. The monoisotopic (exact) mass is 552 g/mol. The lowest BCUT2D eigenvalue weighted by Gasteiger charge is -2.33. The molecule has 1 aliphatic heterocycles. The Morgan fingerprint density at radius 3 is 2.39 bits per heavy atom. The summed E-state index contributed by atoms with van der Waals surface area (Å²) < 4.78 is 24.6. The summed E-state index contributed by atoms with van der Waals surface area (Å²) >= 11 is 4.85. The van der Waals surface area contributed by atoms with Crippen molar-refractivity contribution in [3.05, 3.63) is 50.3 Å². The molecule has 33 heavy (non-hydrogen) atoms. The maximum absolute atomic E-state index is 13.3. The third kappa shape index (κ3) is 5.52. The molecule has 1 aromatic carbocycles. The molecule has 6 nitrogen and oxygen atoms in total. The van der Waals surface area contributed by atoms with Gasteiger partial charge in [0.05, 0.1) is 17.1 Å². The number of thiophene rings is 1. The predicted octanol–water partition coefficient (Wildman–Crippen LogP) is 4.83. The Kier molecular flexibility index (Phi) is 6.77. The molecule has 1 saturated heterocycles. The lowest BCUT2D eigenvalue weighted by atomic mass is 9.72. The molecule has 2 heterocycles. The SMILES string of the molecule is CC(C)(C)C1CCc2c(sc(NC(=O)c3ccc(Br)cc3)c2C(=O)NC2CCS(=O)(=O)C2)C1. The van der Waals surface area contributed by atoms with E-state index in [1.165, 1.54) is 11.3 Å². The normalized spacial score (nSPS) is 21.9. The standard InChI is InChI=1S/C24H29BrN2O4S2/c1-24(2,3)15-6-9-18-19(12-15)32-23(27-21(28)14-4-7-16(25)8-5-14)20(18)22(29)26-17-10-11-33(30,31)13-17/h4-5,7-8,15,17H,6,9-13H2,1-3H3,(H,26,29)(H,27,28). The van der Waals surface area contributed by atoms with Crippen LogP contribution in [-0.4, -0.2) is 37.8 Å². The summed E-state index contributed by atoms with van der Waals surface area (Å²) in [5, 5.41) is 6.43. The highest BCUT2D eigenvalue weighted by atomic mass is 79.9. The van der Waals surface area contributed by atoms with Gasteiger partial charge in [-0.1, -0.05) is 36.7 Å². The number of hydrogen-bond acceptors (Lipinski definition) is 5. The van der Waals surface area contributed by atoms with Crippen LogP contribution in [0, 0.1) is 11.3 Å². The summed E-state index contributed by atoms with van der Waals surface area (Å²) in [5.74, 6) is -0.00634. The number of nitrogens with one attached hydrogen (secondary N) is 2. The summed E-state index contributed by atoms with van der Waals surface area (Å²) in [7, 11) is -3.11. The third-order valence-corrected chi connectivity index (χ3v) is 10.1. The summed E-state index contributed by atoms with van der Waals surface area (Å²) in [5.41, 5.74) is 2.15. The van der Waals surface area contributed by atoms with Crippen molar-refractivity contribution in [3.63, 3.8) is 0 Å². The lowest BCUT2D eigenvalue weighted by molar-refractivity contribution is 0.0941. The van der Waals surface area contributed by atoms with E-state index in [4.69, 9.17) is 0 Å². The Labute approximate surface area is 207 Å². The van der Waals surface area contributed by atoms with Gasteiger partial charge in [-0.15, -0.1) is 11.3 Å². The van der Waals surface area contributed by atoms with Gasteiger partial charge in [-0.25, -0.2) is 8.42 Å². The van der Waals surface area contributed by atoms with Gasteiger partial charge >= 0.3 is 0 Å². The van der Waals surface area contributed by atoms with Gasteiger partial charge in [0.25, 0.3) is 11.8 Å². The van der Waals surface area contributed by atoms with Crippen LogP contribution in [0.25, 0.3) is 0 Å². The molecule has 2 N–H and O–H groups in total. The Balaban J connectivity index is 1.64. The van der Waals surface area contributed by atoms with Crippen molar-refractivity contribution < 1.29 is 18.0 Å². The molecule has 4 rings (SSSR count). The van der Waals surface area contributed by atoms with Gasteiger partial charge in [-0.3, -0.25) is 9.59 Å². The molecule has 0 radical (unpaired) electrons. The van der Waals surface area contributed by atoms with Crippen molar-refractivity contribution in [3.8, 4) is 0 Å². The number of carbonyl (C=O) groups is 2. The number of rotatable bonds is 4. The molecule has 1 aliphatic carbocycles. The van der Waals surface area contributed by atoms with E-state index in [1.54, 1.807) is 24.3 Å². The lowest BCUT2D eigenvalue weighted by Crippen LogP contribution is -2.36. The zero-order chi connectivity index (χ0) is 24.0. The first-order valence-corrected chi connectivity index (χ1v) is 14.6. The molecule has 0 saturated carbocycles. The van der Waals surface area contributed by atoms with Crippen molar-refractivity contribution in [2.24, 2.45) is 11.3 Å². The van der Waals surface area contributed by atoms with Crippen molar-refractivity contribution in [2.75, 3.05) is 16.8 Å². The van der Waals surface area contributed by atoms with Crippen molar-refractivity contribution in [1.29, 1.82) is 0 Å². The van der Waals surface area contributed by atoms with E-state index in [1.807, 2.05) is 0 Å². The van der Waals surface area contributed by atoms with Crippen LogP contribution in [0.3, 0.4) is 0 Å². The number of carbonyl (C=O) groups excluding carboxylic acids is 2. The van der Waals surface area contributed by atoms with E-state index >= 15 is 0 Å². The molecule has 1 fully saturated rings. The van der Waals surface area contributed by atoms with Crippen LogP contribution in [0.15, 0.2) is 28.7 Å². The van der Waals surface area contributed by atoms with Gasteiger partial charge in [-0.2, -0.15) is 0 Å². The fraction of sp³-hybridized carbons (Fsp3) is 0.500. The molecule has 2 aliphatic rings. The summed E-state index contributed by atoms with van der Waals surface area (Å²) in [6, 6.07) is 6.67. The average Bonchev–Trinajstić information content (AvgIpc) is 3.25. The highest BCUT2D eigenvalue weighted by molar-refractivity contribution is 9.10. The minimum absolute atomic E-state index is 0.0300. The van der Waals surface area contributed by atoms with E-state index in [0.29, 0.717) is 28.5 Å². The Morgan fingerprint density at radius 1 is 1.09 bits per heavy atom. The number of hydrogen-bond donors (Lipinski definition) is 2. The van der Waals surface area contributed by atoms with Crippen LogP contribution < -0.4 is 10.6 Å². The zero-order valence-electron chi connectivity index (χ0n) is 19.0. The molecule has 0 spiro atoms. The predicted molar refractivity (Wildman–Crippen MR) is 136 cm³/mol. The summed E-state index contributed by atoms with van der Waals surface area (Å²) in [6.45, 7) is 6.71. The van der Waals surface area contributed by atoms with E-state index in [2.05, 4.69) is 47.3 Å². The highest BCUT2D eigenvalue weighted by Crippen LogP contribution is 2.44. The number of benzene rings is 1. The summed E-state index contributed by atoms with van der Waals surface area (Å²) in [6.07, 6.45) is 3.04. The Morgan fingerprint density at radius 2 is 1.79 bits per heavy atom. The van der Waals surface area contributed by atoms with E-state index < -0.39 is 9.84 Å². The second kappa shape index (κ2) is 9.15. The number of halogens is 1. The van der Waals surface area contributed by atoms with Crippen molar-refractivity contribution >= 4 is 53.9 Å². The first kappa shape index (κ1) is 24.4.